The first-order chi connectivity index (χ1) is 10.8. The molecule has 0 aliphatic carbocycles. The van der Waals surface area contributed by atoms with Crippen molar-refractivity contribution < 1.29 is 14.3 Å². The number of ether oxygens (including phenoxy) is 2. The Labute approximate surface area is 132 Å². The second-order valence-electron chi connectivity index (χ2n) is 5.44. The molecule has 0 radical (unpaired) electrons. The molecule has 0 bridgehead atoms. The maximum Gasteiger partial charge on any atom is 0.317 e. The summed E-state index contributed by atoms with van der Waals surface area (Å²) in [5, 5.41) is 2.93. The molecule has 1 aliphatic rings. The van der Waals surface area contributed by atoms with Crippen LogP contribution < -0.4 is 5.32 Å². The predicted molar refractivity (Wildman–Crippen MR) is 85.7 cm³/mol. The van der Waals surface area contributed by atoms with Crippen LogP contribution in [0.3, 0.4) is 0 Å². The van der Waals surface area contributed by atoms with E-state index in [4.69, 9.17) is 9.47 Å². The van der Waals surface area contributed by atoms with E-state index in [1.54, 1.807) is 0 Å². The minimum atomic E-state index is 0.00214. The number of rotatable bonds is 8. The van der Waals surface area contributed by atoms with Crippen LogP contribution in [0.5, 0.6) is 0 Å². The summed E-state index contributed by atoms with van der Waals surface area (Å²) in [6.07, 6.45) is 1.88. The van der Waals surface area contributed by atoms with Gasteiger partial charge in [0.2, 0.25) is 0 Å². The van der Waals surface area contributed by atoms with Gasteiger partial charge in [-0.05, 0) is 25.3 Å². The molecule has 1 saturated heterocycles. The van der Waals surface area contributed by atoms with Gasteiger partial charge < -0.3 is 19.7 Å². The van der Waals surface area contributed by atoms with E-state index < -0.39 is 0 Å². The monoisotopic (exact) mass is 306 g/mol. The Kier molecular flexibility index (Phi) is 7.19. The van der Waals surface area contributed by atoms with Gasteiger partial charge in [0, 0.05) is 32.8 Å². The minimum Gasteiger partial charge on any atom is -0.382 e. The first-order valence-electron chi connectivity index (χ1n) is 8.05. The number of carbonyl (C=O) groups excluding carboxylic acids is 1. The zero-order chi connectivity index (χ0) is 15.6. The van der Waals surface area contributed by atoms with Crippen LogP contribution in [0, 0.1) is 0 Å². The van der Waals surface area contributed by atoms with Crippen molar-refractivity contribution in [2.75, 3.05) is 32.8 Å². The zero-order valence-electron chi connectivity index (χ0n) is 13.3. The van der Waals surface area contributed by atoms with Gasteiger partial charge >= 0.3 is 6.03 Å². The third-order valence-corrected chi connectivity index (χ3v) is 3.71. The highest BCUT2D eigenvalue weighted by Crippen LogP contribution is 2.14. The molecule has 22 heavy (non-hydrogen) atoms. The molecule has 1 aliphatic heterocycles. The Morgan fingerprint density at radius 2 is 2.18 bits per heavy atom. The summed E-state index contributed by atoms with van der Waals surface area (Å²) >= 11 is 0. The van der Waals surface area contributed by atoms with Gasteiger partial charge in [-0.15, -0.1) is 0 Å². The van der Waals surface area contributed by atoms with E-state index in [0.717, 1.165) is 26.0 Å². The van der Waals surface area contributed by atoms with Crippen LogP contribution in [-0.4, -0.2) is 49.9 Å². The lowest BCUT2D eigenvalue weighted by molar-refractivity contribution is 0.0487. The van der Waals surface area contributed by atoms with Gasteiger partial charge in [-0.3, -0.25) is 0 Å². The number of hydrogen-bond acceptors (Lipinski definition) is 3. The van der Waals surface area contributed by atoms with E-state index in [-0.39, 0.29) is 12.1 Å². The molecule has 1 aromatic rings. The molecule has 1 aromatic carbocycles. The number of carbonyl (C=O) groups is 1. The second kappa shape index (κ2) is 9.43. The van der Waals surface area contributed by atoms with Crippen LogP contribution in [0.25, 0.3) is 0 Å². The normalized spacial score (nSPS) is 17.7. The summed E-state index contributed by atoms with van der Waals surface area (Å²) in [5.74, 6) is 0. The summed E-state index contributed by atoms with van der Waals surface area (Å²) in [4.78, 5) is 13.8. The third-order valence-electron chi connectivity index (χ3n) is 3.71. The molecule has 5 nitrogen and oxygen atoms in total. The lowest BCUT2D eigenvalue weighted by Crippen LogP contribution is -2.39. The van der Waals surface area contributed by atoms with Crippen LogP contribution >= 0.6 is 0 Å². The SMILES string of the molecule is CCOCCCNC(=O)N1CCC(OCc2ccccc2)C1. The number of urea groups is 1. The Hall–Kier alpha value is -1.59. The van der Waals surface area contributed by atoms with Crippen molar-refractivity contribution in [2.24, 2.45) is 0 Å². The summed E-state index contributed by atoms with van der Waals surface area (Å²) in [6, 6.07) is 10.1. The molecular formula is C17H26N2O3. The van der Waals surface area contributed by atoms with Crippen molar-refractivity contribution >= 4 is 6.03 Å². The van der Waals surface area contributed by atoms with Crippen LogP contribution in [0.1, 0.15) is 25.3 Å². The van der Waals surface area contributed by atoms with Crippen molar-refractivity contribution in [3.8, 4) is 0 Å². The van der Waals surface area contributed by atoms with E-state index in [9.17, 15) is 4.79 Å². The quantitative estimate of drug-likeness (QED) is 0.750. The number of nitrogens with zero attached hydrogens (tertiary/aromatic N) is 1. The third kappa shape index (κ3) is 5.66. The fraction of sp³-hybridized carbons (Fsp3) is 0.588. The molecule has 1 unspecified atom stereocenters. The topological polar surface area (TPSA) is 50.8 Å². The molecule has 0 saturated carbocycles. The Bertz CT molecular complexity index is 439. The van der Waals surface area contributed by atoms with Gasteiger partial charge in [-0.1, -0.05) is 30.3 Å². The van der Waals surface area contributed by atoms with Crippen molar-refractivity contribution in [3.63, 3.8) is 0 Å². The zero-order valence-corrected chi connectivity index (χ0v) is 13.3. The van der Waals surface area contributed by atoms with Gasteiger partial charge in [0.05, 0.1) is 12.7 Å². The highest BCUT2D eigenvalue weighted by atomic mass is 16.5. The smallest absolute Gasteiger partial charge is 0.317 e. The molecule has 1 fully saturated rings. The van der Waals surface area contributed by atoms with Crippen LogP contribution in [0.15, 0.2) is 30.3 Å². The maximum atomic E-state index is 12.0. The first-order valence-corrected chi connectivity index (χ1v) is 8.05. The molecule has 0 spiro atoms. The standard InChI is InChI=1S/C17H26N2O3/c1-2-21-12-6-10-18-17(20)19-11-9-16(13-19)22-14-15-7-4-3-5-8-15/h3-5,7-8,16H,2,6,9-14H2,1H3,(H,18,20). The van der Waals surface area contributed by atoms with E-state index in [2.05, 4.69) is 17.4 Å². The maximum absolute atomic E-state index is 12.0. The van der Waals surface area contributed by atoms with Crippen molar-refractivity contribution in [1.29, 1.82) is 0 Å². The fourth-order valence-electron chi connectivity index (χ4n) is 2.46. The Morgan fingerprint density at radius 1 is 1.36 bits per heavy atom. The summed E-state index contributed by atoms with van der Waals surface area (Å²) in [5.41, 5.74) is 1.17. The average Bonchev–Trinajstić information content (AvgIpc) is 3.03. The molecule has 5 heteroatoms. The summed E-state index contributed by atoms with van der Waals surface area (Å²) in [7, 11) is 0. The highest BCUT2D eigenvalue weighted by Gasteiger charge is 2.26. The van der Waals surface area contributed by atoms with Crippen molar-refractivity contribution in [3.05, 3.63) is 35.9 Å². The molecule has 1 atom stereocenters. The second-order valence-corrected chi connectivity index (χ2v) is 5.44. The van der Waals surface area contributed by atoms with Crippen molar-refractivity contribution in [2.45, 2.75) is 32.5 Å². The fourth-order valence-corrected chi connectivity index (χ4v) is 2.46. The molecule has 2 amide bonds. The van der Waals surface area contributed by atoms with Gasteiger partial charge in [-0.2, -0.15) is 0 Å². The van der Waals surface area contributed by atoms with Gasteiger partial charge in [-0.25, -0.2) is 4.79 Å². The predicted octanol–water partition coefficient (Wildman–Crippen LogP) is 2.41. The van der Waals surface area contributed by atoms with E-state index in [1.165, 1.54) is 5.56 Å². The minimum absolute atomic E-state index is 0.00214. The summed E-state index contributed by atoms with van der Waals surface area (Å²) < 4.78 is 11.1. The van der Waals surface area contributed by atoms with Crippen molar-refractivity contribution in [1.82, 2.24) is 10.2 Å². The van der Waals surface area contributed by atoms with E-state index in [0.29, 0.717) is 26.3 Å². The highest BCUT2D eigenvalue weighted by molar-refractivity contribution is 5.74. The molecule has 122 valence electrons. The number of likely N-dealkylation sites (tertiary alicyclic amines) is 1. The summed E-state index contributed by atoms with van der Waals surface area (Å²) in [6.45, 7) is 6.08. The molecule has 0 aromatic heterocycles. The Morgan fingerprint density at radius 3 is 2.95 bits per heavy atom. The van der Waals surface area contributed by atoms with Gasteiger partial charge in [0.15, 0.2) is 0 Å². The Balaban J connectivity index is 1.61. The number of amides is 2. The molecule has 1 heterocycles. The van der Waals surface area contributed by atoms with Gasteiger partial charge in [0.1, 0.15) is 0 Å². The van der Waals surface area contributed by atoms with E-state index in [1.807, 2.05) is 30.0 Å². The largest absolute Gasteiger partial charge is 0.382 e. The van der Waals surface area contributed by atoms with Crippen LogP contribution in [-0.2, 0) is 16.1 Å². The van der Waals surface area contributed by atoms with Crippen LogP contribution in [0.4, 0.5) is 4.79 Å². The molecule has 2 rings (SSSR count). The lowest BCUT2D eigenvalue weighted by Gasteiger charge is -2.17. The van der Waals surface area contributed by atoms with Gasteiger partial charge in [0.25, 0.3) is 0 Å². The first kappa shape index (κ1) is 16.8. The number of hydrogen-bond donors (Lipinski definition) is 1. The molecule has 1 N–H and O–H groups in total. The lowest BCUT2D eigenvalue weighted by atomic mass is 10.2. The van der Waals surface area contributed by atoms with Crippen LogP contribution in [0.2, 0.25) is 0 Å². The molecular weight excluding hydrogens is 280 g/mol. The average molecular weight is 306 g/mol. The number of benzene rings is 1. The number of nitrogens with one attached hydrogen (secondary N) is 1. The van der Waals surface area contributed by atoms with E-state index >= 15 is 0 Å².